The standard InChI is InChI=1S/C13H26N2O2S/c1-12(2,3)17-11(16)15(10-8-18-9-10)13(4,5)6-7-14/h10H,6-9,14H2,1-5H3. The van der Waals surface area contributed by atoms with E-state index < -0.39 is 5.60 Å². The number of nitrogens with zero attached hydrogens (tertiary/aromatic N) is 1. The van der Waals surface area contributed by atoms with Crippen LogP contribution in [0.1, 0.15) is 41.0 Å². The van der Waals surface area contributed by atoms with Crippen molar-refractivity contribution < 1.29 is 9.53 Å². The predicted molar refractivity (Wildman–Crippen MR) is 76.9 cm³/mol. The highest BCUT2D eigenvalue weighted by Gasteiger charge is 2.41. The number of carbonyl (C=O) groups excluding carboxylic acids is 1. The first-order valence-electron chi connectivity index (χ1n) is 6.47. The zero-order chi connectivity index (χ0) is 14.0. The van der Waals surface area contributed by atoms with Crippen LogP contribution in [0.2, 0.25) is 0 Å². The van der Waals surface area contributed by atoms with Crippen molar-refractivity contribution in [3.8, 4) is 0 Å². The number of amides is 1. The van der Waals surface area contributed by atoms with E-state index in [0.717, 1.165) is 17.9 Å². The van der Waals surface area contributed by atoms with Gasteiger partial charge in [-0.2, -0.15) is 11.8 Å². The summed E-state index contributed by atoms with van der Waals surface area (Å²) in [6.07, 6.45) is 0.569. The minimum absolute atomic E-state index is 0.216. The summed E-state index contributed by atoms with van der Waals surface area (Å²) in [6, 6.07) is 0.284. The van der Waals surface area contributed by atoms with E-state index in [4.69, 9.17) is 10.5 Å². The third-order valence-electron chi connectivity index (χ3n) is 2.98. The molecule has 18 heavy (non-hydrogen) atoms. The van der Waals surface area contributed by atoms with Crippen molar-refractivity contribution in [3.05, 3.63) is 0 Å². The second-order valence-electron chi connectivity index (χ2n) is 6.39. The molecule has 5 heteroatoms. The number of thioether (sulfide) groups is 1. The SMILES string of the molecule is CC(C)(C)OC(=O)N(C1CSC1)C(C)(C)CCN. The summed E-state index contributed by atoms with van der Waals surface area (Å²) >= 11 is 1.86. The average molecular weight is 274 g/mol. The largest absolute Gasteiger partial charge is 0.444 e. The van der Waals surface area contributed by atoms with Crippen molar-refractivity contribution >= 4 is 17.9 Å². The first-order valence-corrected chi connectivity index (χ1v) is 7.63. The molecule has 0 aromatic rings. The molecule has 0 spiro atoms. The summed E-state index contributed by atoms with van der Waals surface area (Å²) in [5.74, 6) is 1.99. The normalized spacial score (nSPS) is 17.2. The van der Waals surface area contributed by atoms with Crippen molar-refractivity contribution in [3.63, 3.8) is 0 Å². The van der Waals surface area contributed by atoms with Crippen LogP contribution in [-0.4, -0.2) is 46.2 Å². The van der Waals surface area contributed by atoms with Crippen LogP contribution in [0.15, 0.2) is 0 Å². The molecule has 1 heterocycles. The van der Waals surface area contributed by atoms with Crippen LogP contribution >= 0.6 is 11.8 Å². The number of nitrogens with two attached hydrogens (primary N) is 1. The Balaban J connectivity index is 2.81. The van der Waals surface area contributed by atoms with E-state index in [1.54, 1.807) is 0 Å². The Kier molecular flexibility index (Phi) is 4.95. The van der Waals surface area contributed by atoms with E-state index in [-0.39, 0.29) is 17.7 Å². The molecular formula is C13H26N2O2S. The Labute approximate surface area is 115 Å². The molecule has 0 aliphatic carbocycles. The van der Waals surface area contributed by atoms with Gasteiger partial charge in [-0.3, -0.25) is 4.90 Å². The van der Waals surface area contributed by atoms with Gasteiger partial charge in [0.05, 0.1) is 6.04 Å². The van der Waals surface area contributed by atoms with Gasteiger partial charge in [0.25, 0.3) is 0 Å². The van der Waals surface area contributed by atoms with Crippen LogP contribution in [0, 0.1) is 0 Å². The first kappa shape index (κ1) is 15.6. The van der Waals surface area contributed by atoms with Crippen molar-refractivity contribution in [1.82, 2.24) is 4.90 Å². The van der Waals surface area contributed by atoms with Crippen LogP contribution in [0.25, 0.3) is 0 Å². The van der Waals surface area contributed by atoms with E-state index in [0.29, 0.717) is 6.54 Å². The van der Waals surface area contributed by atoms with Gasteiger partial charge in [0, 0.05) is 17.0 Å². The van der Waals surface area contributed by atoms with Gasteiger partial charge in [0.15, 0.2) is 0 Å². The maximum atomic E-state index is 12.4. The van der Waals surface area contributed by atoms with Crippen molar-refractivity contribution in [2.45, 2.75) is 58.2 Å². The predicted octanol–water partition coefficient (Wildman–Crippen LogP) is 2.47. The highest BCUT2D eigenvalue weighted by Crippen LogP contribution is 2.32. The zero-order valence-corrected chi connectivity index (χ0v) is 13.0. The minimum atomic E-state index is -0.453. The molecule has 0 aromatic heterocycles. The molecule has 2 N–H and O–H groups in total. The van der Waals surface area contributed by atoms with Crippen molar-refractivity contribution in [2.75, 3.05) is 18.1 Å². The van der Waals surface area contributed by atoms with Gasteiger partial charge >= 0.3 is 6.09 Å². The minimum Gasteiger partial charge on any atom is -0.444 e. The van der Waals surface area contributed by atoms with E-state index in [2.05, 4.69) is 13.8 Å². The fourth-order valence-corrected chi connectivity index (χ4v) is 2.79. The summed E-state index contributed by atoms with van der Waals surface area (Å²) < 4.78 is 5.53. The smallest absolute Gasteiger partial charge is 0.411 e. The van der Waals surface area contributed by atoms with Gasteiger partial charge in [0.1, 0.15) is 5.60 Å². The fourth-order valence-electron chi connectivity index (χ4n) is 2.05. The molecule has 1 amide bonds. The lowest BCUT2D eigenvalue weighted by atomic mass is 9.96. The number of ether oxygens (including phenoxy) is 1. The Bertz CT molecular complexity index is 296. The summed E-state index contributed by atoms with van der Waals surface area (Å²) in [5.41, 5.74) is 4.95. The molecule has 0 aromatic carbocycles. The second-order valence-corrected chi connectivity index (χ2v) is 7.47. The quantitative estimate of drug-likeness (QED) is 0.855. The van der Waals surface area contributed by atoms with E-state index in [1.165, 1.54) is 0 Å². The molecule has 4 nitrogen and oxygen atoms in total. The number of rotatable bonds is 4. The van der Waals surface area contributed by atoms with Gasteiger partial charge in [0.2, 0.25) is 0 Å². The van der Waals surface area contributed by atoms with E-state index >= 15 is 0 Å². The number of hydrogen-bond donors (Lipinski definition) is 1. The number of carbonyl (C=O) groups is 1. The molecule has 106 valence electrons. The topological polar surface area (TPSA) is 55.6 Å². The summed E-state index contributed by atoms with van der Waals surface area (Å²) in [7, 11) is 0. The molecule has 1 aliphatic rings. The molecule has 1 aliphatic heterocycles. The van der Waals surface area contributed by atoms with Gasteiger partial charge in [-0.15, -0.1) is 0 Å². The maximum Gasteiger partial charge on any atom is 0.411 e. The Hall–Kier alpha value is -0.420. The van der Waals surface area contributed by atoms with Gasteiger partial charge in [-0.25, -0.2) is 4.79 Å². The summed E-state index contributed by atoms with van der Waals surface area (Å²) in [6.45, 7) is 10.4. The fraction of sp³-hybridized carbons (Fsp3) is 0.923. The van der Waals surface area contributed by atoms with Crippen LogP contribution < -0.4 is 5.73 Å². The lowest BCUT2D eigenvalue weighted by molar-refractivity contribution is -0.00784. The van der Waals surface area contributed by atoms with Crippen molar-refractivity contribution in [2.24, 2.45) is 5.73 Å². The van der Waals surface area contributed by atoms with Crippen LogP contribution in [0.4, 0.5) is 4.79 Å². The summed E-state index contributed by atoms with van der Waals surface area (Å²) in [5, 5.41) is 0. The molecule has 0 bridgehead atoms. The Morgan fingerprint density at radius 2 is 1.89 bits per heavy atom. The Morgan fingerprint density at radius 1 is 1.33 bits per heavy atom. The molecule has 1 fully saturated rings. The molecule has 1 saturated heterocycles. The molecule has 1 rings (SSSR count). The highest BCUT2D eigenvalue weighted by atomic mass is 32.2. The molecule has 0 unspecified atom stereocenters. The molecule has 0 saturated carbocycles. The number of hydrogen-bond acceptors (Lipinski definition) is 4. The van der Waals surface area contributed by atoms with Gasteiger partial charge in [-0.1, -0.05) is 0 Å². The third-order valence-corrected chi connectivity index (χ3v) is 4.23. The van der Waals surface area contributed by atoms with Crippen LogP contribution in [-0.2, 0) is 4.74 Å². The molecule has 0 radical (unpaired) electrons. The monoisotopic (exact) mass is 274 g/mol. The zero-order valence-electron chi connectivity index (χ0n) is 12.2. The van der Waals surface area contributed by atoms with Crippen molar-refractivity contribution in [1.29, 1.82) is 0 Å². The van der Waals surface area contributed by atoms with Crippen LogP contribution in [0.5, 0.6) is 0 Å². The van der Waals surface area contributed by atoms with E-state index in [1.807, 2.05) is 37.4 Å². The van der Waals surface area contributed by atoms with Gasteiger partial charge < -0.3 is 10.5 Å². The Morgan fingerprint density at radius 3 is 2.22 bits per heavy atom. The third kappa shape index (κ3) is 4.05. The second kappa shape index (κ2) is 5.70. The molecular weight excluding hydrogens is 248 g/mol. The lowest BCUT2D eigenvalue weighted by Crippen LogP contribution is -2.59. The summed E-state index contributed by atoms with van der Waals surface area (Å²) in [4.78, 5) is 14.3. The van der Waals surface area contributed by atoms with Crippen LogP contribution in [0.3, 0.4) is 0 Å². The first-order chi connectivity index (χ1) is 8.17. The maximum absolute atomic E-state index is 12.4. The molecule has 0 atom stereocenters. The van der Waals surface area contributed by atoms with Gasteiger partial charge in [-0.05, 0) is 47.6 Å². The average Bonchev–Trinajstić information content (AvgIpc) is 2.06. The van der Waals surface area contributed by atoms with E-state index in [9.17, 15) is 4.79 Å². The lowest BCUT2D eigenvalue weighted by Gasteiger charge is -2.46. The highest BCUT2D eigenvalue weighted by molar-refractivity contribution is 8.00.